The monoisotopic (exact) mass is 472 g/mol. The molecular weight excluding hydrogens is 449 g/mol. The number of benzene rings is 1. The molecular formula is C24H23F3N4O3. The Labute approximate surface area is 193 Å². The van der Waals surface area contributed by atoms with E-state index in [-0.39, 0.29) is 48.0 Å². The van der Waals surface area contributed by atoms with E-state index in [2.05, 4.69) is 4.98 Å². The second-order valence-corrected chi connectivity index (χ2v) is 8.98. The molecule has 0 N–H and O–H groups in total. The second kappa shape index (κ2) is 7.75. The molecule has 3 aromatic rings. The number of ether oxygens (including phenoxy) is 1. The van der Waals surface area contributed by atoms with Crippen LogP contribution in [-0.4, -0.2) is 50.5 Å². The number of halogens is 3. The number of imidazole rings is 1. The van der Waals surface area contributed by atoms with E-state index in [0.717, 1.165) is 17.8 Å². The van der Waals surface area contributed by atoms with E-state index in [4.69, 9.17) is 4.74 Å². The summed E-state index contributed by atoms with van der Waals surface area (Å²) in [6, 6.07) is 6.79. The highest BCUT2D eigenvalue weighted by atomic mass is 19.3. The van der Waals surface area contributed by atoms with Crippen molar-refractivity contribution in [2.45, 2.75) is 38.2 Å². The number of carbonyl (C=O) groups excluding carboxylic acids is 1. The summed E-state index contributed by atoms with van der Waals surface area (Å²) >= 11 is 0. The number of alkyl halides is 2. The third kappa shape index (κ3) is 3.57. The van der Waals surface area contributed by atoms with Gasteiger partial charge >= 0.3 is 0 Å². The van der Waals surface area contributed by atoms with Crippen molar-refractivity contribution in [3.05, 3.63) is 76.0 Å². The summed E-state index contributed by atoms with van der Waals surface area (Å²) in [5.41, 5.74) is -0.173. The van der Waals surface area contributed by atoms with E-state index >= 15 is 0 Å². The number of carbonyl (C=O) groups is 1. The Morgan fingerprint density at radius 3 is 2.59 bits per heavy atom. The molecule has 2 aliphatic rings. The lowest BCUT2D eigenvalue weighted by atomic mass is 9.96. The molecule has 0 bridgehead atoms. The summed E-state index contributed by atoms with van der Waals surface area (Å²) in [5, 5.41) is 0. The van der Waals surface area contributed by atoms with Crippen LogP contribution in [0.4, 0.5) is 13.2 Å². The van der Waals surface area contributed by atoms with Gasteiger partial charge in [0, 0.05) is 31.3 Å². The number of pyridine rings is 1. The Hall–Kier alpha value is -3.56. The number of nitrogens with zero attached hydrogens (tertiary/aromatic N) is 4. The molecule has 0 spiro atoms. The fourth-order valence-electron chi connectivity index (χ4n) is 4.44. The van der Waals surface area contributed by atoms with Gasteiger partial charge in [-0.3, -0.25) is 9.59 Å². The first-order valence-electron chi connectivity index (χ1n) is 11.0. The lowest BCUT2D eigenvalue weighted by Gasteiger charge is -2.30. The molecule has 1 atom stereocenters. The number of amides is 1. The molecule has 10 heteroatoms. The first kappa shape index (κ1) is 22.2. The summed E-state index contributed by atoms with van der Waals surface area (Å²) in [7, 11) is 0. The molecule has 178 valence electrons. The Morgan fingerprint density at radius 2 is 1.91 bits per heavy atom. The van der Waals surface area contributed by atoms with Crippen molar-refractivity contribution in [3.8, 4) is 11.4 Å². The lowest BCUT2D eigenvalue weighted by molar-refractivity contribution is 0.0671. The molecule has 1 aliphatic carbocycles. The summed E-state index contributed by atoms with van der Waals surface area (Å²) in [6.07, 6.45) is 2.92. The van der Waals surface area contributed by atoms with Crippen LogP contribution in [0.5, 0.6) is 5.75 Å². The third-order valence-electron chi connectivity index (χ3n) is 6.66. The van der Waals surface area contributed by atoms with Crippen LogP contribution in [0.3, 0.4) is 0 Å². The molecule has 1 fully saturated rings. The molecule has 1 amide bonds. The van der Waals surface area contributed by atoms with Crippen LogP contribution >= 0.6 is 0 Å². The number of fused-ring (bicyclic) bond motifs is 1. The Morgan fingerprint density at radius 1 is 1.15 bits per heavy atom. The van der Waals surface area contributed by atoms with E-state index in [1.807, 2.05) is 6.92 Å². The predicted octanol–water partition coefficient (Wildman–Crippen LogP) is 3.31. The zero-order valence-electron chi connectivity index (χ0n) is 18.7. The van der Waals surface area contributed by atoms with Crippen molar-refractivity contribution in [1.29, 1.82) is 0 Å². The number of aryl methyl sites for hydroxylation is 1. The van der Waals surface area contributed by atoms with Gasteiger partial charge in [0.1, 0.15) is 29.6 Å². The largest absolute Gasteiger partial charge is 0.491 e. The number of aromatic nitrogens is 3. The molecule has 1 saturated carbocycles. The van der Waals surface area contributed by atoms with E-state index in [0.29, 0.717) is 18.8 Å². The SMILES string of the molecule is Cc1cn(-c2ccc3n(c2=O)CCN(CCOc2ccc(F)cc2C2(C)CC2(F)F)C3=O)cn1. The first-order valence-corrected chi connectivity index (χ1v) is 11.0. The molecule has 3 heterocycles. The van der Waals surface area contributed by atoms with Gasteiger partial charge in [0.25, 0.3) is 17.4 Å². The fraction of sp³-hybridized carbons (Fsp3) is 0.375. The van der Waals surface area contributed by atoms with Crippen LogP contribution in [0.1, 0.15) is 35.1 Å². The van der Waals surface area contributed by atoms with Gasteiger partial charge < -0.3 is 18.8 Å². The molecule has 1 unspecified atom stereocenters. The molecule has 0 saturated heterocycles. The zero-order chi connectivity index (χ0) is 24.3. The molecule has 0 radical (unpaired) electrons. The van der Waals surface area contributed by atoms with Gasteiger partial charge in [-0.1, -0.05) is 0 Å². The van der Waals surface area contributed by atoms with Crippen molar-refractivity contribution in [1.82, 2.24) is 19.0 Å². The quantitative estimate of drug-likeness (QED) is 0.552. The molecule has 1 aliphatic heterocycles. The molecule has 7 nitrogen and oxygen atoms in total. The van der Waals surface area contributed by atoms with Crippen molar-refractivity contribution < 1.29 is 22.7 Å². The van der Waals surface area contributed by atoms with Crippen LogP contribution in [0.2, 0.25) is 0 Å². The number of rotatable bonds is 6. The maximum Gasteiger partial charge on any atom is 0.275 e. The summed E-state index contributed by atoms with van der Waals surface area (Å²) in [6.45, 7) is 4.06. The standard InChI is InChI=1S/C24H23F3N4O3/c1-15-12-30(14-28-15)18-4-5-19-21(32)29(7-8-31(19)22(18)33)9-10-34-20-6-3-16(25)11-17(20)23(2)13-24(23,26)27/h3-6,11-12,14H,7-10,13H2,1-2H3. The van der Waals surface area contributed by atoms with Crippen molar-refractivity contribution >= 4 is 5.91 Å². The highest BCUT2D eigenvalue weighted by Crippen LogP contribution is 2.62. The van der Waals surface area contributed by atoms with Gasteiger partial charge in [-0.15, -0.1) is 0 Å². The average molecular weight is 472 g/mol. The van der Waals surface area contributed by atoms with E-state index in [1.54, 1.807) is 34.1 Å². The third-order valence-corrected chi connectivity index (χ3v) is 6.66. The van der Waals surface area contributed by atoms with Gasteiger partial charge in [-0.25, -0.2) is 18.2 Å². The van der Waals surface area contributed by atoms with Crippen LogP contribution < -0.4 is 10.3 Å². The minimum atomic E-state index is -2.91. The normalized spacial score (nSPS) is 20.9. The van der Waals surface area contributed by atoms with E-state index < -0.39 is 17.2 Å². The van der Waals surface area contributed by atoms with Crippen LogP contribution in [0, 0.1) is 12.7 Å². The molecule has 2 aromatic heterocycles. The van der Waals surface area contributed by atoms with Crippen LogP contribution in [0.25, 0.3) is 5.69 Å². The molecule has 34 heavy (non-hydrogen) atoms. The van der Waals surface area contributed by atoms with Crippen molar-refractivity contribution in [3.63, 3.8) is 0 Å². The fourth-order valence-corrected chi connectivity index (χ4v) is 4.44. The highest BCUT2D eigenvalue weighted by molar-refractivity contribution is 5.93. The second-order valence-electron chi connectivity index (χ2n) is 8.98. The van der Waals surface area contributed by atoms with Gasteiger partial charge in [0.2, 0.25) is 0 Å². The van der Waals surface area contributed by atoms with Gasteiger partial charge in [0.05, 0.1) is 24.0 Å². The van der Waals surface area contributed by atoms with Gasteiger partial charge in [-0.2, -0.15) is 0 Å². The number of hydrogen-bond acceptors (Lipinski definition) is 4. The zero-order valence-corrected chi connectivity index (χ0v) is 18.7. The van der Waals surface area contributed by atoms with Crippen molar-refractivity contribution in [2.24, 2.45) is 0 Å². The summed E-state index contributed by atoms with van der Waals surface area (Å²) in [4.78, 5) is 31.6. The van der Waals surface area contributed by atoms with Crippen LogP contribution in [-0.2, 0) is 12.0 Å². The lowest BCUT2D eigenvalue weighted by Crippen LogP contribution is -2.46. The average Bonchev–Trinajstić information content (AvgIpc) is 3.08. The molecule has 1 aromatic carbocycles. The predicted molar refractivity (Wildman–Crippen MR) is 117 cm³/mol. The minimum Gasteiger partial charge on any atom is -0.491 e. The van der Waals surface area contributed by atoms with Gasteiger partial charge in [-0.05, 0) is 44.2 Å². The first-order chi connectivity index (χ1) is 16.1. The topological polar surface area (TPSA) is 69.4 Å². The van der Waals surface area contributed by atoms with Crippen LogP contribution in [0.15, 0.2) is 47.7 Å². The Bertz CT molecular complexity index is 1350. The van der Waals surface area contributed by atoms with E-state index in [1.165, 1.54) is 17.6 Å². The molecule has 5 rings (SSSR count). The summed E-state index contributed by atoms with van der Waals surface area (Å²) in [5.74, 6) is -3.65. The summed E-state index contributed by atoms with van der Waals surface area (Å²) < 4.78 is 50.3. The number of hydrogen-bond donors (Lipinski definition) is 0. The van der Waals surface area contributed by atoms with Crippen molar-refractivity contribution in [2.75, 3.05) is 19.7 Å². The van der Waals surface area contributed by atoms with Gasteiger partial charge in [0.15, 0.2) is 0 Å². The maximum atomic E-state index is 13.9. The minimum absolute atomic E-state index is 0.0443. The van der Waals surface area contributed by atoms with E-state index in [9.17, 15) is 22.8 Å². The maximum absolute atomic E-state index is 13.9. The smallest absolute Gasteiger partial charge is 0.275 e. The Kier molecular flexibility index (Phi) is 5.07. The highest BCUT2D eigenvalue weighted by Gasteiger charge is 2.69. The Balaban J connectivity index is 1.29.